The Hall–Kier alpha value is -2.85. The van der Waals surface area contributed by atoms with Gasteiger partial charge in [-0.15, -0.1) is 6.58 Å². The van der Waals surface area contributed by atoms with E-state index in [1.807, 2.05) is 32.0 Å². The number of benzene rings is 2. The second kappa shape index (κ2) is 7.18. The molecule has 1 heterocycles. The van der Waals surface area contributed by atoms with Gasteiger partial charge in [0.15, 0.2) is 0 Å². The van der Waals surface area contributed by atoms with Crippen LogP contribution in [-0.4, -0.2) is 23.3 Å². The Balaban J connectivity index is 2.12. The van der Waals surface area contributed by atoms with Crippen molar-refractivity contribution >= 4 is 34.7 Å². The van der Waals surface area contributed by atoms with Crippen LogP contribution in [0.1, 0.15) is 16.7 Å². The lowest BCUT2D eigenvalue weighted by atomic mass is 10.0. The molecule has 4 nitrogen and oxygen atoms in total. The maximum Gasteiger partial charge on any atom is 0.278 e. The van der Waals surface area contributed by atoms with E-state index in [2.05, 4.69) is 11.9 Å². The number of carbonyl (C=O) groups excluding carboxylic acids is 2. The van der Waals surface area contributed by atoms with Crippen LogP contribution in [0.4, 0.5) is 5.69 Å². The number of rotatable bonds is 5. The summed E-state index contributed by atoms with van der Waals surface area (Å²) in [6.45, 7) is 7.72. The maximum atomic E-state index is 12.9. The Morgan fingerprint density at radius 2 is 1.77 bits per heavy atom. The van der Waals surface area contributed by atoms with E-state index in [1.54, 1.807) is 24.3 Å². The molecule has 5 heteroatoms. The van der Waals surface area contributed by atoms with Gasteiger partial charge in [0.25, 0.3) is 11.8 Å². The van der Waals surface area contributed by atoms with Crippen molar-refractivity contribution in [1.82, 2.24) is 4.90 Å². The fourth-order valence-electron chi connectivity index (χ4n) is 2.88. The molecule has 1 aliphatic rings. The molecule has 2 aromatic rings. The minimum atomic E-state index is -0.360. The lowest BCUT2D eigenvalue weighted by Gasteiger charge is -2.13. The molecule has 132 valence electrons. The van der Waals surface area contributed by atoms with Crippen LogP contribution in [-0.2, 0) is 9.59 Å². The molecule has 0 spiro atoms. The number of amides is 2. The summed E-state index contributed by atoms with van der Waals surface area (Å²) in [6, 6.07) is 12.8. The molecule has 0 aromatic heterocycles. The first-order valence-corrected chi connectivity index (χ1v) is 8.61. The van der Waals surface area contributed by atoms with Gasteiger partial charge in [0.05, 0.1) is 5.57 Å². The van der Waals surface area contributed by atoms with Crippen molar-refractivity contribution in [1.29, 1.82) is 0 Å². The molecule has 26 heavy (non-hydrogen) atoms. The third-order valence-electron chi connectivity index (χ3n) is 4.27. The number of imide groups is 1. The monoisotopic (exact) mass is 366 g/mol. The van der Waals surface area contributed by atoms with Crippen LogP contribution in [0.3, 0.4) is 0 Å². The van der Waals surface area contributed by atoms with Gasteiger partial charge in [0.1, 0.15) is 5.70 Å². The molecule has 0 saturated heterocycles. The zero-order valence-corrected chi connectivity index (χ0v) is 15.4. The van der Waals surface area contributed by atoms with E-state index < -0.39 is 0 Å². The number of carbonyl (C=O) groups is 2. The lowest BCUT2D eigenvalue weighted by molar-refractivity contribution is -0.136. The van der Waals surface area contributed by atoms with E-state index in [-0.39, 0.29) is 24.1 Å². The first kappa shape index (κ1) is 18.0. The van der Waals surface area contributed by atoms with Gasteiger partial charge in [-0.1, -0.05) is 41.9 Å². The molecule has 0 bridgehead atoms. The topological polar surface area (TPSA) is 49.4 Å². The van der Waals surface area contributed by atoms with Crippen molar-refractivity contribution in [2.75, 3.05) is 11.9 Å². The van der Waals surface area contributed by atoms with E-state index in [0.717, 1.165) is 16.8 Å². The first-order valence-electron chi connectivity index (χ1n) is 8.24. The molecule has 0 atom stereocenters. The van der Waals surface area contributed by atoms with Crippen molar-refractivity contribution in [2.24, 2.45) is 0 Å². The van der Waals surface area contributed by atoms with E-state index in [9.17, 15) is 9.59 Å². The number of anilines is 1. The zero-order chi connectivity index (χ0) is 18.8. The number of aryl methyl sites for hydroxylation is 2. The largest absolute Gasteiger partial charge is 0.350 e. The summed E-state index contributed by atoms with van der Waals surface area (Å²) >= 11 is 5.96. The predicted octanol–water partition coefficient (Wildman–Crippen LogP) is 4.33. The first-order chi connectivity index (χ1) is 12.4. The highest BCUT2D eigenvalue weighted by atomic mass is 35.5. The molecule has 3 rings (SSSR count). The van der Waals surface area contributed by atoms with Gasteiger partial charge in [0.2, 0.25) is 0 Å². The van der Waals surface area contributed by atoms with Crippen LogP contribution in [0.15, 0.2) is 60.8 Å². The lowest BCUT2D eigenvalue weighted by Crippen LogP contribution is -2.32. The van der Waals surface area contributed by atoms with Crippen LogP contribution in [0.2, 0.25) is 5.02 Å². The summed E-state index contributed by atoms with van der Waals surface area (Å²) in [5.74, 6) is -0.703. The predicted molar refractivity (Wildman–Crippen MR) is 105 cm³/mol. The van der Waals surface area contributed by atoms with E-state index in [4.69, 9.17) is 11.6 Å². The molecule has 2 aromatic carbocycles. The van der Waals surface area contributed by atoms with Crippen molar-refractivity contribution in [3.8, 4) is 0 Å². The average Bonchev–Trinajstić information content (AvgIpc) is 2.84. The Morgan fingerprint density at radius 1 is 1.08 bits per heavy atom. The van der Waals surface area contributed by atoms with Crippen molar-refractivity contribution in [3.05, 3.63) is 82.5 Å². The molecular weight excluding hydrogens is 348 g/mol. The standard InChI is InChI=1S/C21H19ClN2O2/c1-4-11-24-20(25)18(15-7-9-16(22)10-8-15)19(21(24)26)23-17-12-13(2)5-6-14(17)3/h4-10,12,23H,1,11H2,2-3H3. The van der Waals surface area contributed by atoms with Crippen LogP contribution >= 0.6 is 11.6 Å². The van der Waals surface area contributed by atoms with Crippen molar-refractivity contribution in [2.45, 2.75) is 13.8 Å². The summed E-state index contributed by atoms with van der Waals surface area (Å²) in [7, 11) is 0. The summed E-state index contributed by atoms with van der Waals surface area (Å²) in [5.41, 5.74) is 4.11. The van der Waals surface area contributed by atoms with Gasteiger partial charge in [-0.2, -0.15) is 0 Å². The minimum absolute atomic E-state index is 0.159. The molecule has 1 aliphatic heterocycles. The van der Waals surface area contributed by atoms with Gasteiger partial charge >= 0.3 is 0 Å². The Bertz CT molecular complexity index is 930. The van der Waals surface area contributed by atoms with Crippen LogP contribution in [0.5, 0.6) is 0 Å². The highest BCUT2D eigenvalue weighted by Gasteiger charge is 2.38. The zero-order valence-electron chi connectivity index (χ0n) is 14.7. The summed E-state index contributed by atoms with van der Waals surface area (Å²) < 4.78 is 0. The normalized spacial score (nSPS) is 14.2. The summed E-state index contributed by atoms with van der Waals surface area (Å²) in [5, 5.41) is 3.75. The second-order valence-electron chi connectivity index (χ2n) is 6.21. The van der Waals surface area contributed by atoms with Crippen molar-refractivity contribution < 1.29 is 9.59 Å². The Morgan fingerprint density at radius 3 is 2.42 bits per heavy atom. The highest BCUT2D eigenvalue weighted by molar-refractivity contribution is 6.37. The van der Waals surface area contributed by atoms with E-state index in [0.29, 0.717) is 16.2 Å². The Labute approximate surface area is 157 Å². The number of hydrogen-bond donors (Lipinski definition) is 1. The third-order valence-corrected chi connectivity index (χ3v) is 4.52. The number of hydrogen-bond acceptors (Lipinski definition) is 3. The molecule has 0 saturated carbocycles. The van der Waals surface area contributed by atoms with Crippen LogP contribution < -0.4 is 5.32 Å². The van der Waals surface area contributed by atoms with Gasteiger partial charge in [-0.05, 0) is 48.7 Å². The molecule has 0 unspecified atom stereocenters. The minimum Gasteiger partial charge on any atom is -0.350 e. The fraction of sp³-hybridized carbons (Fsp3) is 0.143. The quantitative estimate of drug-likeness (QED) is 0.632. The molecule has 0 radical (unpaired) electrons. The summed E-state index contributed by atoms with van der Waals surface area (Å²) in [6.07, 6.45) is 1.54. The van der Waals surface area contributed by atoms with Crippen LogP contribution in [0.25, 0.3) is 5.57 Å². The van der Waals surface area contributed by atoms with E-state index in [1.165, 1.54) is 11.0 Å². The number of halogens is 1. The van der Waals surface area contributed by atoms with Gasteiger partial charge in [-0.25, -0.2) is 0 Å². The Kier molecular flexibility index (Phi) is 4.96. The molecule has 0 aliphatic carbocycles. The van der Waals surface area contributed by atoms with Gasteiger partial charge in [-0.3, -0.25) is 14.5 Å². The van der Waals surface area contributed by atoms with Crippen molar-refractivity contribution in [3.63, 3.8) is 0 Å². The second-order valence-corrected chi connectivity index (χ2v) is 6.65. The SMILES string of the molecule is C=CCN1C(=O)C(Nc2cc(C)ccc2C)=C(c2ccc(Cl)cc2)C1=O. The smallest absolute Gasteiger partial charge is 0.278 e. The van der Waals surface area contributed by atoms with Gasteiger partial charge in [0, 0.05) is 17.3 Å². The molecule has 2 amide bonds. The molecule has 0 fully saturated rings. The van der Waals surface area contributed by atoms with Gasteiger partial charge < -0.3 is 5.32 Å². The number of nitrogens with one attached hydrogen (secondary N) is 1. The average molecular weight is 367 g/mol. The summed E-state index contributed by atoms with van der Waals surface area (Å²) in [4.78, 5) is 26.9. The third kappa shape index (κ3) is 3.28. The van der Waals surface area contributed by atoms with E-state index >= 15 is 0 Å². The van der Waals surface area contributed by atoms with Crippen LogP contribution in [0, 0.1) is 13.8 Å². The number of nitrogens with zero attached hydrogens (tertiary/aromatic N) is 1. The molecular formula is C21H19ClN2O2. The fourth-order valence-corrected chi connectivity index (χ4v) is 3.00. The highest BCUT2D eigenvalue weighted by Crippen LogP contribution is 2.32. The molecule has 1 N–H and O–H groups in total. The maximum absolute atomic E-state index is 12.9.